The molecular formula is C10H10Br2O2. The van der Waals surface area contributed by atoms with Crippen LogP contribution in [-0.4, -0.2) is 17.5 Å². The lowest BCUT2D eigenvalue weighted by Gasteiger charge is -2.06. The Morgan fingerprint density at radius 3 is 2.79 bits per heavy atom. The summed E-state index contributed by atoms with van der Waals surface area (Å²) in [5.41, 5.74) is 0.919. The summed E-state index contributed by atoms with van der Waals surface area (Å²) in [4.78, 5) is 0. The molecule has 0 radical (unpaired) electrons. The number of methoxy groups -OCH3 is 1. The molecule has 0 aromatic heterocycles. The Kier molecular flexibility index (Phi) is 4.48. The Morgan fingerprint density at radius 1 is 1.50 bits per heavy atom. The molecule has 0 aliphatic rings. The van der Waals surface area contributed by atoms with Crippen LogP contribution in [0.5, 0.6) is 11.5 Å². The van der Waals surface area contributed by atoms with Crippen LogP contribution < -0.4 is 4.74 Å². The first kappa shape index (κ1) is 11.6. The van der Waals surface area contributed by atoms with Crippen LogP contribution in [0, 0.1) is 0 Å². The summed E-state index contributed by atoms with van der Waals surface area (Å²) in [6.07, 6.45) is 3.87. The molecule has 0 spiro atoms. The van der Waals surface area contributed by atoms with Gasteiger partial charge in [-0.1, -0.05) is 44.0 Å². The van der Waals surface area contributed by atoms with Gasteiger partial charge < -0.3 is 9.84 Å². The van der Waals surface area contributed by atoms with E-state index in [0.29, 0.717) is 5.75 Å². The summed E-state index contributed by atoms with van der Waals surface area (Å²) in [7, 11) is 1.52. The van der Waals surface area contributed by atoms with E-state index in [2.05, 4.69) is 31.9 Å². The van der Waals surface area contributed by atoms with Gasteiger partial charge in [-0.25, -0.2) is 0 Å². The number of phenols is 1. The molecule has 0 bridgehead atoms. The Balaban J connectivity index is 3.08. The summed E-state index contributed by atoms with van der Waals surface area (Å²) in [5.74, 6) is 0.609. The van der Waals surface area contributed by atoms with E-state index in [4.69, 9.17) is 4.74 Å². The van der Waals surface area contributed by atoms with Gasteiger partial charge in [-0.3, -0.25) is 0 Å². The number of alkyl halides is 1. The molecule has 1 N–H and O–H groups in total. The summed E-state index contributed by atoms with van der Waals surface area (Å²) in [6.45, 7) is 0. The van der Waals surface area contributed by atoms with Gasteiger partial charge >= 0.3 is 0 Å². The van der Waals surface area contributed by atoms with Crippen LogP contribution >= 0.6 is 31.9 Å². The van der Waals surface area contributed by atoms with Crippen molar-refractivity contribution >= 4 is 37.9 Å². The molecule has 0 aliphatic heterocycles. The normalized spacial score (nSPS) is 10.8. The monoisotopic (exact) mass is 320 g/mol. The number of aromatic hydroxyl groups is 1. The minimum Gasteiger partial charge on any atom is -0.504 e. The minimum absolute atomic E-state index is 0.143. The highest BCUT2D eigenvalue weighted by molar-refractivity contribution is 9.10. The lowest BCUT2D eigenvalue weighted by atomic mass is 10.2. The number of hydrogen-bond acceptors (Lipinski definition) is 2. The van der Waals surface area contributed by atoms with Gasteiger partial charge in [0.15, 0.2) is 11.5 Å². The van der Waals surface area contributed by atoms with Crippen molar-refractivity contribution in [3.05, 3.63) is 28.2 Å². The second-order valence-electron chi connectivity index (χ2n) is 2.60. The van der Waals surface area contributed by atoms with Crippen LogP contribution in [0.1, 0.15) is 5.56 Å². The molecule has 1 aromatic carbocycles. The quantitative estimate of drug-likeness (QED) is 0.862. The molecular weight excluding hydrogens is 312 g/mol. The van der Waals surface area contributed by atoms with Crippen molar-refractivity contribution in [3.8, 4) is 11.5 Å². The average Bonchev–Trinajstić information content (AvgIpc) is 2.18. The van der Waals surface area contributed by atoms with Crippen LogP contribution in [0.4, 0.5) is 0 Å². The zero-order valence-electron chi connectivity index (χ0n) is 7.63. The predicted octanol–water partition coefficient (Wildman–Crippen LogP) is 3.57. The molecule has 0 unspecified atom stereocenters. The highest BCUT2D eigenvalue weighted by Crippen LogP contribution is 2.32. The standard InChI is InChI=1S/C10H10Br2O2/c1-14-10-6-8(12)7(3-2-4-11)5-9(10)13/h2-3,5-6,13H,4H2,1H3. The minimum atomic E-state index is 0.143. The molecule has 0 amide bonds. The molecule has 0 saturated carbocycles. The number of halogens is 2. The molecule has 14 heavy (non-hydrogen) atoms. The summed E-state index contributed by atoms with van der Waals surface area (Å²) in [5, 5.41) is 10.3. The van der Waals surface area contributed by atoms with Crippen LogP contribution in [0.3, 0.4) is 0 Å². The van der Waals surface area contributed by atoms with Gasteiger partial charge in [0.25, 0.3) is 0 Å². The summed E-state index contributed by atoms with van der Waals surface area (Å²) < 4.78 is 5.86. The lowest BCUT2D eigenvalue weighted by molar-refractivity contribution is 0.373. The van der Waals surface area contributed by atoms with Crippen LogP contribution in [0.2, 0.25) is 0 Å². The van der Waals surface area contributed by atoms with E-state index in [1.807, 2.05) is 12.2 Å². The first-order valence-corrected chi connectivity index (χ1v) is 5.89. The first-order valence-electron chi connectivity index (χ1n) is 3.98. The molecule has 1 rings (SSSR count). The fraction of sp³-hybridized carbons (Fsp3) is 0.200. The Morgan fingerprint density at radius 2 is 2.21 bits per heavy atom. The van der Waals surface area contributed by atoms with E-state index in [0.717, 1.165) is 15.4 Å². The summed E-state index contributed by atoms with van der Waals surface area (Å²) in [6, 6.07) is 3.39. The predicted molar refractivity (Wildman–Crippen MR) is 65.2 cm³/mol. The molecule has 0 atom stereocenters. The van der Waals surface area contributed by atoms with Gasteiger partial charge in [0.1, 0.15) is 0 Å². The van der Waals surface area contributed by atoms with E-state index in [-0.39, 0.29) is 5.75 Å². The van der Waals surface area contributed by atoms with E-state index in [1.54, 1.807) is 12.1 Å². The van der Waals surface area contributed by atoms with Crippen molar-refractivity contribution < 1.29 is 9.84 Å². The number of allylic oxidation sites excluding steroid dienone is 1. The average molecular weight is 322 g/mol. The van der Waals surface area contributed by atoms with Crippen molar-refractivity contribution in [2.24, 2.45) is 0 Å². The zero-order valence-corrected chi connectivity index (χ0v) is 10.8. The van der Waals surface area contributed by atoms with Gasteiger partial charge in [0.05, 0.1) is 7.11 Å². The van der Waals surface area contributed by atoms with Crippen molar-refractivity contribution in [2.75, 3.05) is 12.4 Å². The smallest absolute Gasteiger partial charge is 0.161 e. The molecule has 0 aliphatic carbocycles. The second-order valence-corrected chi connectivity index (χ2v) is 4.10. The van der Waals surface area contributed by atoms with Gasteiger partial charge in [0.2, 0.25) is 0 Å². The second kappa shape index (κ2) is 5.41. The molecule has 76 valence electrons. The molecule has 2 nitrogen and oxygen atoms in total. The van der Waals surface area contributed by atoms with Crippen molar-refractivity contribution in [1.29, 1.82) is 0 Å². The number of rotatable bonds is 3. The third-order valence-electron chi connectivity index (χ3n) is 1.68. The van der Waals surface area contributed by atoms with Crippen molar-refractivity contribution in [1.82, 2.24) is 0 Å². The molecule has 0 heterocycles. The Labute approximate surface area is 99.8 Å². The number of benzene rings is 1. The third-order valence-corrected chi connectivity index (χ3v) is 2.75. The van der Waals surface area contributed by atoms with E-state index in [1.165, 1.54) is 7.11 Å². The number of hydrogen-bond donors (Lipinski definition) is 1. The maximum atomic E-state index is 9.52. The molecule has 0 fully saturated rings. The van der Waals surface area contributed by atoms with Crippen molar-refractivity contribution in [3.63, 3.8) is 0 Å². The third kappa shape index (κ3) is 2.75. The van der Waals surface area contributed by atoms with Gasteiger partial charge in [0, 0.05) is 9.80 Å². The maximum Gasteiger partial charge on any atom is 0.161 e. The van der Waals surface area contributed by atoms with E-state index in [9.17, 15) is 5.11 Å². The van der Waals surface area contributed by atoms with Gasteiger partial charge in [-0.05, 0) is 17.7 Å². The van der Waals surface area contributed by atoms with Crippen LogP contribution in [-0.2, 0) is 0 Å². The maximum absolute atomic E-state index is 9.52. The number of ether oxygens (including phenoxy) is 1. The highest BCUT2D eigenvalue weighted by Gasteiger charge is 2.05. The largest absolute Gasteiger partial charge is 0.504 e. The fourth-order valence-corrected chi connectivity index (χ4v) is 1.66. The fourth-order valence-electron chi connectivity index (χ4n) is 1.02. The van der Waals surface area contributed by atoms with E-state index < -0.39 is 0 Å². The zero-order chi connectivity index (χ0) is 10.6. The lowest BCUT2D eigenvalue weighted by Crippen LogP contribution is -1.85. The van der Waals surface area contributed by atoms with Crippen molar-refractivity contribution in [2.45, 2.75) is 0 Å². The Bertz CT molecular complexity index is 348. The molecule has 0 saturated heterocycles. The van der Waals surface area contributed by atoms with E-state index >= 15 is 0 Å². The summed E-state index contributed by atoms with van der Waals surface area (Å²) >= 11 is 6.68. The van der Waals surface area contributed by atoms with Crippen LogP contribution in [0.25, 0.3) is 6.08 Å². The van der Waals surface area contributed by atoms with Crippen LogP contribution in [0.15, 0.2) is 22.7 Å². The SMILES string of the molecule is COc1cc(Br)c(C=CCBr)cc1O. The highest BCUT2D eigenvalue weighted by atomic mass is 79.9. The topological polar surface area (TPSA) is 29.5 Å². The van der Waals surface area contributed by atoms with Gasteiger partial charge in [-0.2, -0.15) is 0 Å². The number of phenolic OH excluding ortho intramolecular Hbond substituents is 1. The van der Waals surface area contributed by atoms with Gasteiger partial charge in [-0.15, -0.1) is 0 Å². The Hall–Kier alpha value is -0.480. The molecule has 4 heteroatoms. The first-order chi connectivity index (χ1) is 6.69. The molecule has 1 aromatic rings.